The summed E-state index contributed by atoms with van der Waals surface area (Å²) in [5, 5.41) is 0. The van der Waals surface area contributed by atoms with Gasteiger partial charge in [-0.15, -0.1) is 0 Å². The summed E-state index contributed by atoms with van der Waals surface area (Å²) in [6.07, 6.45) is 1.49. The molecular weight excluding hydrogens is 202 g/mol. The van der Waals surface area contributed by atoms with Crippen molar-refractivity contribution in [2.75, 3.05) is 26.1 Å². The van der Waals surface area contributed by atoms with Gasteiger partial charge < -0.3 is 9.64 Å². The highest BCUT2D eigenvalue weighted by Crippen LogP contribution is 2.18. The van der Waals surface area contributed by atoms with E-state index in [9.17, 15) is 4.79 Å². The minimum Gasteiger partial charge on any atom is -0.466 e. The van der Waals surface area contributed by atoms with Gasteiger partial charge >= 0.3 is 5.97 Å². The van der Waals surface area contributed by atoms with E-state index in [1.165, 1.54) is 13.2 Å². The Morgan fingerprint density at radius 3 is 2.25 bits per heavy atom. The van der Waals surface area contributed by atoms with Gasteiger partial charge in [-0.1, -0.05) is 12.1 Å². The fourth-order valence-corrected chi connectivity index (χ4v) is 1.34. The summed E-state index contributed by atoms with van der Waals surface area (Å²) in [6.45, 7) is 1.89. The van der Waals surface area contributed by atoms with Crippen LogP contribution in [0.2, 0.25) is 0 Å². The first-order valence-electron chi connectivity index (χ1n) is 5.08. The van der Waals surface area contributed by atoms with Crippen LogP contribution in [0, 0.1) is 0 Å². The number of methoxy groups -OCH3 is 1. The number of esters is 1. The van der Waals surface area contributed by atoms with Gasteiger partial charge in [-0.05, 0) is 30.2 Å². The quantitative estimate of drug-likeness (QED) is 0.577. The van der Waals surface area contributed by atoms with Crippen molar-refractivity contribution in [3.05, 3.63) is 35.9 Å². The Hall–Kier alpha value is -1.77. The molecule has 3 heteroatoms. The highest BCUT2D eigenvalue weighted by Gasteiger charge is 2.01. The number of ether oxygens (including phenoxy) is 1. The predicted octanol–water partition coefficient (Wildman–Crippen LogP) is 2.33. The standard InChI is InChI=1S/C13H17NO2/c1-10(9-13(15)16-4)11-5-7-12(8-6-11)14(2)3/h5-9H,1-4H3/b10-9+. The van der Waals surface area contributed by atoms with Crippen molar-refractivity contribution < 1.29 is 9.53 Å². The minimum absolute atomic E-state index is 0.325. The number of benzene rings is 1. The molecule has 0 aliphatic rings. The number of hydrogen-bond donors (Lipinski definition) is 0. The van der Waals surface area contributed by atoms with Crippen molar-refractivity contribution in [2.45, 2.75) is 6.92 Å². The van der Waals surface area contributed by atoms with Gasteiger partial charge in [0, 0.05) is 25.9 Å². The third-order valence-electron chi connectivity index (χ3n) is 2.37. The van der Waals surface area contributed by atoms with E-state index >= 15 is 0 Å². The molecule has 0 aromatic heterocycles. The molecule has 0 fully saturated rings. The summed E-state index contributed by atoms with van der Waals surface area (Å²) in [5.41, 5.74) is 3.06. The molecule has 3 nitrogen and oxygen atoms in total. The second-order valence-corrected chi connectivity index (χ2v) is 3.79. The van der Waals surface area contributed by atoms with Crippen LogP contribution >= 0.6 is 0 Å². The van der Waals surface area contributed by atoms with Crippen molar-refractivity contribution in [1.29, 1.82) is 0 Å². The van der Waals surface area contributed by atoms with Crippen LogP contribution in [-0.2, 0) is 9.53 Å². The Bertz CT molecular complexity index is 391. The molecule has 0 aliphatic heterocycles. The van der Waals surface area contributed by atoms with Crippen molar-refractivity contribution in [2.24, 2.45) is 0 Å². The van der Waals surface area contributed by atoms with Crippen LogP contribution in [0.4, 0.5) is 5.69 Å². The molecule has 0 spiro atoms. The zero-order valence-electron chi connectivity index (χ0n) is 10.2. The lowest BCUT2D eigenvalue weighted by Crippen LogP contribution is -2.08. The molecule has 0 aliphatic carbocycles. The second kappa shape index (κ2) is 5.35. The van der Waals surface area contributed by atoms with Crippen LogP contribution < -0.4 is 4.90 Å². The number of carbonyl (C=O) groups is 1. The summed E-state index contributed by atoms with van der Waals surface area (Å²) in [7, 11) is 5.36. The van der Waals surface area contributed by atoms with E-state index in [0.29, 0.717) is 0 Å². The summed E-state index contributed by atoms with van der Waals surface area (Å²) in [4.78, 5) is 13.1. The summed E-state index contributed by atoms with van der Waals surface area (Å²) < 4.78 is 4.58. The van der Waals surface area contributed by atoms with Crippen molar-refractivity contribution in [3.8, 4) is 0 Å². The second-order valence-electron chi connectivity index (χ2n) is 3.79. The lowest BCUT2D eigenvalue weighted by molar-refractivity contribution is -0.134. The zero-order chi connectivity index (χ0) is 12.1. The summed E-state index contributed by atoms with van der Waals surface area (Å²) in [5.74, 6) is -0.325. The molecule has 0 saturated carbocycles. The Morgan fingerprint density at radius 2 is 1.81 bits per heavy atom. The van der Waals surface area contributed by atoms with Crippen molar-refractivity contribution in [1.82, 2.24) is 0 Å². The molecule has 0 unspecified atom stereocenters. The third kappa shape index (κ3) is 3.12. The van der Waals surface area contributed by atoms with Crippen molar-refractivity contribution in [3.63, 3.8) is 0 Å². The fourth-order valence-electron chi connectivity index (χ4n) is 1.34. The Balaban J connectivity index is 2.89. The number of carbonyl (C=O) groups excluding carboxylic acids is 1. The topological polar surface area (TPSA) is 29.5 Å². The average molecular weight is 219 g/mol. The maximum Gasteiger partial charge on any atom is 0.330 e. The number of allylic oxidation sites excluding steroid dienone is 1. The maximum absolute atomic E-state index is 11.1. The van der Waals surface area contributed by atoms with Crippen LogP contribution in [0.25, 0.3) is 5.57 Å². The van der Waals surface area contributed by atoms with Crippen LogP contribution in [0.1, 0.15) is 12.5 Å². The van der Waals surface area contributed by atoms with Gasteiger partial charge in [0.2, 0.25) is 0 Å². The number of hydrogen-bond acceptors (Lipinski definition) is 3. The molecule has 0 radical (unpaired) electrons. The molecular formula is C13H17NO2. The van der Waals surface area contributed by atoms with Gasteiger partial charge in [-0.3, -0.25) is 0 Å². The molecule has 0 amide bonds. The molecule has 1 aromatic rings. The lowest BCUT2D eigenvalue weighted by Gasteiger charge is -2.12. The highest BCUT2D eigenvalue weighted by molar-refractivity contribution is 5.90. The molecule has 16 heavy (non-hydrogen) atoms. The minimum atomic E-state index is -0.325. The first-order chi connectivity index (χ1) is 7.54. The van der Waals surface area contributed by atoms with Crippen molar-refractivity contribution >= 4 is 17.2 Å². The SMILES string of the molecule is COC(=O)/C=C(\C)c1ccc(N(C)C)cc1. The van der Waals surface area contributed by atoms with E-state index in [4.69, 9.17) is 0 Å². The van der Waals surface area contributed by atoms with Crippen LogP contribution in [0.15, 0.2) is 30.3 Å². The van der Waals surface area contributed by atoms with Crippen LogP contribution in [0.3, 0.4) is 0 Å². The summed E-state index contributed by atoms with van der Waals surface area (Å²) in [6, 6.07) is 8.02. The number of anilines is 1. The molecule has 0 bridgehead atoms. The molecule has 0 N–H and O–H groups in total. The van der Waals surface area contributed by atoms with E-state index < -0.39 is 0 Å². The first kappa shape index (κ1) is 12.3. The Labute approximate surface area is 96.3 Å². The van der Waals surface area contributed by atoms with E-state index in [1.807, 2.05) is 50.2 Å². The Morgan fingerprint density at radius 1 is 1.25 bits per heavy atom. The van der Waals surface area contributed by atoms with Gasteiger partial charge in [-0.2, -0.15) is 0 Å². The van der Waals surface area contributed by atoms with E-state index in [2.05, 4.69) is 4.74 Å². The number of nitrogens with zero attached hydrogens (tertiary/aromatic N) is 1. The third-order valence-corrected chi connectivity index (χ3v) is 2.37. The predicted molar refractivity (Wildman–Crippen MR) is 66.4 cm³/mol. The van der Waals surface area contributed by atoms with Crippen LogP contribution in [0.5, 0.6) is 0 Å². The number of rotatable bonds is 3. The maximum atomic E-state index is 11.1. The highest BCUT2D eigenvalue weighted by atomic mass is 16.5. The normalized spacial score (nSPS) is 11.1. The summed E-state index contributed by atoms with van der Waals surface area (Å²) >= 11 is 0. The Kier molecular flexibility index (Phi) is 4.11. The van der Waals surface area contributed by atoms with Gasteiger partial charge in [0.1, 0.15) is 0 Å². The zero-order valence-corrected chi connectivity index (χ0v) is 10.2. The van der Waals surface area contributed by atoms with Gasteiger partial charge in [-0.25, -0.2) is 4.79 Å². The van der Waals surface area contributed by atoms with E-state index in [-0.39, 0.29) is 5.97 Å². The largest absolute Gasteiger partial charge is 0.466 e. The smallest absolute Gasteiger partial charge is 0.330 e. The van der Waals surface area contributed by atoms with Crippen LogP contribution in [-0.4, -0.2) is 27.2 Å². The molecule has 1 rings (SSSR count). The fraction of sp³-hybridized carbons (Fsp3) is 0.308. The van der Waals surface area contributed by atoms with E-state index in [1.54, 1.807) is 0 Å². The van der Waals surface area contributed by atoms with Gasteiger partial charge in [0.25, 0.3) is 0 Å². The molecule has 86 valence electrons. The van der Waals surface area contributed by atoms with Gasteiger partial charge in [0.15, 0.2) is 0 Å². The lowest BCUT2D eigenvalue weighted by atomic mass is 10.1. The molecule has 0 atom stereocenters. The van der Waals surface area contributed by atoms with E-state index in [0.717, 1.165) is 16.8 Å². The first-order valence-corrected chi connectivity index (χ1v) is 5.08. The van der Waals surface area contributed by atoms with Gasteiger partial charge in [0.05, 0.1) is 7.11 Å². The molecule has 0 heterocycles. The molecule has 0 saturated heterocycles. The molecule has 1 aromatic carbocycles. The monoisotopic (exact) mass is 219 g/mol. The average Bonchev–Trinajstić information content (AvgIpc) is 2.28.